The van der Waals surface area contributed by atoms with Gasteiger partial charge in [-0.15, -0.1) is 0 Å². The molecule has 2 aromatic carbocycles. The van der Waals surface area contributed by atoms with Crippen molar-refractivity contribution in [1.29, 1.82) is 0 Å². The summed E-state index contributed by atoms with van der Waals surface area (Å²) in [5.41, 5.74) is 12.5. The van der Waals surface area contributed by atoms with E-state index in [1.54, 1.807) is 0 Å². The third-order valence-corrected chi connectivity index (χ3v) is 4.09. The van der Waals surface area contributed by atoms with Gasteiger partial charge in [-0.25, -0.2) is 0 Å². The lowest BCUT2D eigenvalue weighted by atomic mass is 9.84. The molecule has 0 bridgehead atoms. The lowest BCUT2D eigenvalue weighted by molar-refractivity contribution is 0.539. The van der Waals surface area contributed by atoms with Gasteiger partial charge in [0.25, 0.3) is 0 Å². The van der Waals surface area contributed by atoms with Crippen LogP contribution in [-0.2, 0) is 5.41 Å². The van der Waals surface area contributed by atoms with E-state index in [2.05, 4.69) is 70.2 Å². The second-order valence-electron chi connectivity index (χ2n) is 5.91. The quantitative estimate of drug-likeness (QED) is 0.871. The molecule has 0 fully saturated rings. The molecule has 2 aromatic rings. The molecule has 0 aromatic heterocycles. The molecule has 19 heavy (non-hydrogen) atoms. The molecule has 0 saturated heterocycles. The first-order valence-corrected chi connectivity index (χ1v) is 6.83. The largest absolute Gasteiger partial charge is 0.330 e. The second kappa shape index (κ2) is 5.18. The predicted octanol–water partition coefficient (Wildman–Crippen LogP) is 4.21. The minimum absolute atomic E-state index is 0.0418. The number of hydrogen-bond acceptors (Lipinski definition) is 1. The summed E-state index contributed by atoms with van der Waals surface area (Å²) in [6, 6.07) is 15.3. The van der Waals surface area contributed by atoms with Gasteiger partial charge in [0.15, 0.2) is 0 Å². The van der Waals surface area contributed by atoms with E-state index < -0.39 is 0 Å². The molecule has 0 spiro atoms. The van der Waals surface area contributed by atoms with Crippen molar-refractivity contribution < 1.29 is 0 Å². The van der Waals surface area contributed by atoms with Gasteiger partial charge >= 0.3 is 0 Å². The molecule has 0 aliphatic carbocycles. The number of rotatable bonds is 3. The van der Waals surface area contributed by atoms with E-state index in [0.29, 0.717) is 6.54 Å². The van der Waals surface area contributed by atoms with Crippen LogP contribution >= 0.6 is 0 Å². The smallest absolute Gasteiger partial charge is 0.00190 e. The van der Waals surface area contributed by atoms with E-state index in [1.807, 2.05) is 0 Å². The van der Waals surface area contributed by atoms with Crippen molar-refractivity contribution in [3.8, 4) is 11.1 Å². The minimum Gasteiger partial charge on any atom is -0.330 e. The van der Waals surface area contributed by atoms with Gasteiger partial charge in [-0.1, -0.05) is 56.3 Å². The summed E-state index contributed by atoms with van der Waals surface area (Å²) in [6.45, 7) is 9.36. The van der Waals surface area contributed by atoms with Crippen molar-refractivity contribution >= 4 is 0 Å². The average molecular weight is 253 g/mol. The number of benzene rings is 2. The molecule has 1 heteroatoms. The molecule has 0 heterocycles. The van der Waals surface area contributed by atoms with E-state index in [-0.39, 0.29) is 5.41 Å². The van der Waals surface area contributed by atoms with Gasteiger partial charge in [0.1, 0.15) is 0 Å². The zero-order valence-electron chi connectivity index (χ0n) is 12.3. The highest BCUT2D eigenvalue weighted by atomic mass is 14.6. The Morgan fingerprint density at radius 1 is 0.947 bits per heavy atom. The second-order valence-corrected chi connectivity index (χ2v) is 5.91. The van der Waals surface area contributed by atoms with Crippen LogP contribution in [-0.4, -0.2) is 6.54 Å². The maximum absolute atomic E-state index is 5.83. The molecule has 0 atom stereocenters. The Morgan fingerprint density at radius 2 is 1.58 bits per heavy atom. The third kappa shape index (κ3) is 2.71. The molecule has 100 valence electrons. The molecule has 0 unspecified atom stereocenters. The fraction of sp³-hybridized carbons (Fsp3) is 0.333. The maximum atomic E-state index is 5.83. The highest BCUT2D eigenvalue weighted by Gasteiger charge is 2.18. The van der Waals surface area contributed by atoms with Crippen molar-refractivity contribution in [2.24, 2.45) is 5.73 Å². The van der Waals surface area contributed by atoms with Crippen LogP contribution < -0.4 is 5.73 Å². The van der Waals surface area contributed by atoms with Gasteiger partial charge in [0, 0.05) is 12.0 Å². The highest BCUT2D eigenvalue weighted by Crippen LogP contribution is 2.28. The Kier molecular flexibility index (Phi) is 3.77. The Morgan fingerprint density at radius 3 is 2.16 bits per heavy atom. The molecule has 0 aliphatic rings. The Bertz CT molecular complexity index is 565. The Hall–Kier alpha value is -1.60. The lowest BCUT2D eigenvalue weighted by Crippen LogP contribution is -2.27. The van der Waals surface area contributed by atoms with Crippen LogP contribution in [0.4, 0.5) is 0 Å². The van der Waals surface area contributed by atoms with E-state index in [9.17, 15) is 0 Å². The normalized spacial score (nSPS) is 11.6. The van der Waals surface area contributed by atoms with Crippen LogP contribution in [0, 0.1) is 13.8 Å². The first-order chi connectivity index (χ1) is 8.95. The van der Waals surface area contributed by atoms with Gasteiger partial charge in [0.05, 0.1) is 0 Å². The van der Waals surface area contributed by atoms with Crippen molar-refractivity contribution in [3.05, 3.63) is 59.2 Å². The standard InChI is InChI=1S/C18H23N/c1-13-6-5-7-17(14(13)2)15-8-10-16(11-9-15)18(3,4)12-19/h5-11H,12,19H2,1-4H3. The van der Waals surface area contributed by atoms with E-state index >= 15 is 0 Å². The first-order valence-electron chi connectivity index (χ1n) is 6.83. The summed E-state index contributed by atoms with van der Waals surface area (Å²) >= 11 is 0. The molecule has 1 nitrogen and oxygen atoms in total. The highest BCUT2D eigenvalue weighted by molar-refractivity contribution is 5.68. The van der Waals surface area contributed by atoms with E-state index in [4.69, 9.17) is 5.73 Å². The Labute approximate surface area is 116 Å². The molecule has 0 saturated carbocycles. The molecule has 2 rings (SSSR count). The first kappa shape index (κ1) is 13.8. The number of nitrogens with two attached hydrogens (primary N) is 1. The van der Waals surface area contributed by atoms with Crippen molar-refractivity contribution in [2.75, 3.05) is 6.54 Å². The van der Waals surface area contributed by atoms with Gasteiger partial charge < -0.3 is 5.73 Å². The van der Waals surface area contributed by atoms with Crippen LogP contribution in [0.1, 0.15) is 30.5 Å². The summed E-state index contributed by atoms with van der Waals surface area (Å²) < 4.78 is 0. The SMILES string of the molecule is Cc1cccc(-c2ccc(C(C)(C)CN)cc2)c1C. The maximum Gasteiger partial charge on any atom is 0.00190 e. The molecule has 0 amide bonds. The van der Waals surface area contributed by atoms with Crippen LogP contribution in [0.25, 0.3) is 11.1 Å². The van der Waals surface area contributed by atoms with Gasteiger partial charge in [-0.2, -0.15) is 0 Å². The molecular weight excluding hydrogens is 230 g/mol. The van der Waals surface area contributed by atoms with Crippen LogP contribution in [0.2, 0.25) is 0 Å². The monoisotopic (exact) mass is 253 g/mol. The molecule has 0 aliphatic heterocycles. The molecular formula is C18H23N. The minimum atomic E-state index is 0.0418. The third-order valence-electron chi connectivity index (χ3n) is 4.09. The van der Waals surface area contributed by atoms with E-state index in [1.165, 1.54) is 27.8 Å². The molecule has 2 N–H and O–H groups in total. The van der Waals surface area contributed by atoms with Crippen molar-refractivity contribution in [3.63, 3.8) is 0 Å². The topological polar surface area (TPSA) is 26.0 Å². The van der Waals surface area contributed by atoms with Crippen LogP contribution in [0.15, 0.2) is 42.5 Å². The van der Waals surface area contributed by atoms with Crippen molar-refractivity contribution in [2.45, 2.75) is 33.1 Å². The lowest BCUT2D eigenvalue weighted by Gasteiger charge is -2.23. The van der Waals surface area contributed by atoms with Gasteiger partial charge in [-0.3, -0.25) is 0 Å². The van der Waals surface area contributed by atoms with E-state index in [0.717, 1.165) is 0 Å². The van der Waals surface area contributed by atoms with Gasteiger partial charge in [0.2, 0.25) is 0 Å². The van der Waals surface area contributed by atoms with Crippen molar-refractivity contribution in [1.82, 2.24) is 0 Å². The zero-order chi connectivity index (χ0) is 14.0. The van der Waals surface area contributed by atoms with Crippen LogP contribution in [0.5, 0.6) is 0 Å². The average Bonchev–Trinajstić information content (AvgIpc) is 2.42. The fourth-order valence-corrected chi connectivity index (χ4v) is 2.28. The number of hydrogen-bond donors (Lipinski definition) is 1. The summed E-state index contributed by atoms with van der Waals surface area (Å²) in [4.78, 5) is 0. The summed E-state index contributed by atoms with van der Waals surface area (Å²) in [5, 5.41) is 0. The summed E-state index contributed by atoms with van der Waals surface area (Å²) in [7, 11) is 0. The Balaban J connectivity index is 2.41. The summed E-state index contributed by atoms with van der Waals surface area (Å²) in [6.07, 6.45) is 0. The number of aryl methyl sites for hydroxylation is 1. The molecule has 0 radical (unpaired) electrons. The fourth-order valence-electron chi connectivity index (χ4n) is 2.28. The zero-order valence-corrected chi connectivity index (χ0v) is 12.3. The van der Waals surface area contributed by atoms with Crippen LogP contribution in [0.3, 0.4) is 0 Å². The van der Waals surface area contributed by atoms with Gasteiger partial charge in [-0.05, 0) is 41.7 Å². The summed E-state index contributed by atoms with van der Waals surface area (Å²) in [5.74, 6) is 0. The predicted molar refractivity (Wildman–Crippen MR) is 83.4 cm³/mol.